The summed E-state index contributed by atoms with van der Waals surface area (Å²) in [6.07, 6.45) is 6.09. The van der Waals surface area contributed by atoms with Crippen LogP contribution in [-0.4, -0.2) is 32.3 Å². The van der Waals surface area contributed by atoms with Gasteiger partial charge in [-0.05, 0) is 18.8 Å². The van der Waals surface area contributed by atoms with Crippen molar-refractivity contribution >= 4 is 5.91 Å². The second-order valence-corrected chi connectivity index (χ2v) is 4.25. The van der Waals surface area contributed by atoms with Crippen molar-refractivity contribution in [2.24, 2.45) is 11.7 Å². The van der Waals surface area contributed by atoms with Crippen LogP contribution >= 0.6 is 0 Å². The molecule has 0 spiro atoms. The van der Waals surface area contributed by atoms with Gasteiger partial charge in [-0.2, -0.15) is 0 Å². The number of methoxy groups -OCH3 is 2. The number of allylic oxidation sites excluding steroid dienone is 1. The van der Waals surface area contributed by atoms with Crippen molar-refractivity contribution < 1.29 is 14.3 Å². The van der Waals surface area contributed by atoms with Gasteiger partial charge in [-0.1, -0.05) is 32.4 Å². The van der Waals surface area contributed by atoms with Crippen LogP contribution in [0.15, 0.2) is 12.2 Å². The summed E-state index contributed by atoms with van der Waals surface area (Å²) in [5, 5.41) is 0. The first-order chi connectivity index (χ1) is 8.04. The van der Waals surface area contributed by atoms with Gasteiger partial charge >= 0.3 is 0 Å². The van der Waals surface area contributed by atoms with Crippen LogP contribution in [0.4, 0.5) is 0 Å². The van der Waals surface area contributed by atoms with Crippen molar-refractivity contribution in [1.82, 2.24) is 0 Å². The first-order valence-corrected chi connectivity index (χ1v) is 6.08. The Morgan fingerprint density at radius 1 is 1.24 bits per heavy atom. The summed E-state index contributed by atoms with van der Waals surface area (Å²) in [5.74, 6) is 0.121. The zero-order valence-electron chi connectivity index (χ0n) is 11.3. The van der Waals surface area contributed by atoms with E-state index in [2.05, 4.69) is 19.9 Å². The van der Waals surface area contributed by atoms with E-state index in [0.29, 0.717) is 12.3 Å². The number of rotatable bonds is 9. The molecule has 0 aromatic heterocycles. The molecule has 2 N–H and O–H groups in total. The molecule has 0 aromatic rings. The van der Waals surface area contributed by atoms with Crippen LogP contribution in [0.2, 0.25) is 0 Å². The van der Waals surface area contributed by atoms with Crippen LogP contribution in [0.1, 0.15) is 33.1 Å². The van der Waals surface area contributed by atoms with Crippen molar-refractivity contribution in [2.45, 2.75) is 45.3 Å². The van der Waals surface area contributed by atoms with Crippen LogP contribution in [-0.2, 0) is 14.3 Å². The third-order valence-electron chi connectivity index (χ3n) is 2.92. The summed E-state index contributed by atoms with van der Waals surface area (Å²) in [7, 11) is 3.16. The van der Waals surface area contributed by atoms with Crippen LogP contribution in [0.25, 0.3) is 0 Å². The minimum absolute atomic E-state index is 0.0148. The lowest BCUT2D eigenvalue weighted by Crippen LogP contribution is -2.31. The Kier molecular flexibility index (Phi) is 8.72. The number of ether oxygens (including phenoxy) is 2. The predicted octanol–water partition coefficient (Wildman–Crippen LogP) is 1.88. The minimum atomic E-state index is -0.523. The maximum atomic E-state index is 11.0. The molecule has 17 heavy (non-hydrogen) atoms. The van der Waals surface area contributed by atoms with Gasteiger partial charge in [0, 0.05) is 14.2 Å². The van der Waals surface area contributed by atoms with E-state index >= 15 is 0 Å². The average Bonchev–Trinajstić information content (AvgIpc) is 2.32. The lowest BCUT2D eigenvalue weighted by Gasteiger charge is -2.15. The summed E-state index contributed by atoms with van der Waals surface area (Å²) < 4.78 is 10.3. The van der Waals surface area contributed by atoms with Gasteiger partial charge in [-0.3, -0.25) is 4.79 Å². The molecular weight excluding hydrogens is 218 g/mol. The molecule has 0 bridgehead atoms. The first kappa shape index (κ1) is 16.1. The van der Waals surface area contributed by atoms with Gasteiger partial charge in [-0.15, -0.1) is 0 Å². The first-order valence-electron chi connectivity index (χ1n) is 6.08. The van der Waals surface area contributed by atoms with Gasteiger partial charge in [0.05, 0.1) is 6.10 Å². The SMILES string of the molecule is CCC(C)/C=C/C(CCC(OC)C(N)=O)OC. The fourth-order valence-corrected chi connectivity index (χ4v) is 1.43. The van der Waals surface area contributed by atoms with Crippen molar-refractivity contribution in [3.63, 3.8) is 0 Å². The molecule has 0 radical (unpaired) electrons. The van der Waals surface area contributed by atoms with Crippen molar-refractivity contribution in [3.8, 4) is 0 Å². The maximum absolute atomic E-state index is 11.0. The van der Waals surface area contributed by atoms with E-state index in [9.17, 15) is 4.79 Å². The Morgan fingerprint density at radius 2 is 1.88 bits per heavy atom. The minimum Gasteiger partial charge on any atom is -0.377 e. The van der Waals surface area contributed by atoms with Gasteiger partial charge in [0.2, 0.25) is 5.91 Å². The van der Waals surface area contributed by atoms with Crippen molar-refractivity contribution in [2.75, 3.05) is 14.2 Å². The molecule has 4 nitrogen and oxygen atoms in total. The summed E-state index contributed by atoms with van der Waals surface area (Å²) in [6.45, 7) is 4.30. The highest BCUT2D eigenvalue weighted by Crippen LogP contribution is 2.10. The second kappa shape index (κ2) is 9.19. The lowest BCUT2D eigenvalue weighted by atomic mass is 10.0. The Morgan fingerprint density at radius 3 is 2.29 bits per heavy atom. The molecule has 0 aliphatic rings. The van der Waals surface area contributed by atoms with Crippen molar-refractivity contribution in [1.29, 1.82) is 0 Å². The van der Waals surface area contributed by atoms with E-state index in [1.54, 1.807) is 7.11 Å². The van der Waals surface area contributed by atoms with Gasteiger partial charge in [-0.25, -0.2) is 0 Å². The van der Waals surface area contributed by atoms with Crippen LogP contribution in [0.3, 0.4) is 0 Å². The van der Waals surface area contributed by atoms with E-state index in [0.717, 1.165) is 12.8 Å². The number of carbonyl (C=O) groups is 1. The fourth-order valence-electron chi connectivity index (χ4n) is 1.43. The van der Waals surface area contributed by atoms with E-state index in [1.165, 1.54) is 7.11 Å². The Hall–Kier alpha value is -0.870. The summed E-state index contributed by atoms with van der Waals surface area (Å²) >= 11 is 0. The Balaban J connectivity index is 4.13. The molecular formula is C13H25NO3. The van der Waals surface area contributed by atoms with Gasteiger partial charge in [0.15, 0.2) is 0 Å². The average molecular weight is 243 g/mol. The van der Waals surface area contributed by atoms with Gasteiger partial charge < -0.3 is 15.2 Å². The number of hydrogen-bond acceptors (Lipinski definition) is 3. The number of nitrogens with two attached hydrogens (primary N) is 1. The summed E-state index contributed by atoms with van der Waals surface area (Å²) in [5.41, 5.74) is 5.20. The third kappa shape index (κ3) is 7.13. The third-order valence-corrected chi connectivity index (χ3v) is 2.92. The standard InChI is InChI=1S/C13H25NO3/c1-5-10(2)6-7-11(16-3)8-9-12(17-4)13(14)15/h6-7,10-12H,5,8-9H2,1-4H3,(H2,14,15)/b7-6+. The van der Waals surface area contributed by atoms with E-state index in [4.69, 9.17) is 15.2 Å². The second-order valence-electron chi connectivity index (χ2n) is 4.25. The molecule has 4 heteroatoms. The van der Waals surface area contributed by atoms with Crippen LogP contribution < -0.4 is 5.73 Å². The lowest BCUT2D eigenvalue weighted by molar-refractivity contribution is -0.128. The molecule has 100 valence electrons. The van der Waals surface area contributed by atoms with Gasteiger partial charge in [0.25, 0.3) is 0 Å². The molecule has 3 atom stereocenters. The molecule has 0 rings (SSSR count). The largest absolute Gasteiger partial charge is 0.377 e. The molecule has 1 amide bonds. The Bertz CT molecular complexity index is 241. The van der Waals surface area contributed by atoms with Crippen molar-refractivity contribution in [3.05, 3.63) is 12.2 Å². The van der Waals surface area contributed by atoms with E-state index in [-0.39, 0.29) is 6.10 Å². The molecule has 0 saturated heterocycles. The number of hydrogen-bond donors (Lipinski definition) is 1. The smallest absolute Gasteiger partial charge is 0.246 e. The number of carbonyl (C=O) groups excluding carboxylic acids is 1. The molecule has 0 heterocycles. The zero-order chi connectivity index (χ0) is 13.3. The Labute approximate surface area is 104 Å². The molecule has 0 saturated carbocycles. The molecule has 0 aliphatic carbocycles. The highest BCUT2D eigenvalue weighted by molar-refractivity contribution is 5.78. The molecule has 3 unspecified atom stereocenters. The molecule has 0 aliphatic heterocycles. The monoisotopic (exact) mass is 243 g/mol. The summed E-state index contributed by atoms with van der Waals surface area (Å²) in [6, 6.07) is 0. The normalized spacial score (nSPS) is 16.9. The maximum Gasteiger partial charge on any atom is 0.246 e. The summed E-state index contributed by atoms with van der Waals surface area (Å²) in [4.78, 5) is 11.0. The van der Waals surface area contributed by atoms with E-state index < -0.39 is 12.0 Å². The number of primary amides is 1. The molecule has 0 aromatic carbocycles. The predicted molar refractivity (Wildman–Crippen MR) is 68.6 cm³/mol. The zero-order valence-corrected chi connectivity index (χ0v) is 11.3. The highest BCUT2D eigenvalue weighted by Gasteiger charge is 2.15. The topological polar surface area (TPSA) is 61.5 Å². The number of amides is 1. The quantitative estimate of drug-likeness (QED) is 0.629. The van der Waals surface area contributed by atoms with Gasteiger partial charge in [0.1, 0.15) is 6.10 Å². The molecule has 0 fully saturated rings. The fraction of sp³-hybridized carbons (Fsp3) is 0.769. The van der Waals surface area contributed by atoms with Crippen LogP contribution in [0.5, 0.6) is 0 Å². The van der Waals surface area contributed by atoms with E-state index in [1.807, 2.05) is 6.08 Å². The van der Waals surface area contributed by atoms with Crippen LogP contribution in [0, 0.1) is 5.92 Å². The highest BCUT2D eigenvalue weighted by atomic mass is 16.5.